The summed E-state index contributed by atoms with van der Waals surface area (Å²) in [5.74, 6) is 1.42. The highest BCUT2D eigenvalue weighted by Gasteiger charge is 2.14. The van der Waals surface area contributed by atoms with Crippen LogP contribution in [0, 0.1) is 12.8 Å². The summed E-state index contributed by atoms with van der Waals surface area (Å²) in [5, 5.41) is 4.09. The van der Waals surface area contributed by atoms with Gasteiger partial charge < -0.3 is 10.1 Å². The minimum atomic E-state index is 0.617. The van der Waals surface area contributed by atoms with E-state index in [4.69, 9.17) is 16.3 Å². The fourth-order valence-electron chi connectivity index (χ4n) is 2.00. The van der Waals surface area contributed by atoms with E-state index in [1.54, 1.807) is 0 Å². The molecule has 0 radical (unpaired) electrons. The van der Waals surface area contributed by atoms with Crippen molar-refractivity contribution in [3.63, 3.8) is 0 Å². The zero-order valence-corrected chi connectivity index (χ0v) is 10.4. The predicted molar refractivity (Wildman–Crippen MR) is 67.3 cm³/mol. The first kappa shape index (κ1) is 11.7. The van der Waals surface area contributed by atoms with E-state index in [1.165, 1.54) is 12.8 Å². The van der Waals surface area contributed by atoms with Gasteiger partial charge in [0.1, 0.15) is 5.75 Å². The lowest BCUT2D eigenvalue weighted by atomic mass is 10.0. The minimum Gasteiger partial charge on any atom is -0.492 e. The second-order valence-electron chi connectivity index (χ2n) is 4.46. The fraction of sp³-hybridized carbons (Fsp3) is 0.538. The van der Waals surface area contributed by atoms with E-state index < -0.39 is 0 Å². The molecule has 1 saturated heterocycles. The van der Waals surface area contributed by atoms with Crippen LogP contribution in [-0.4, -0.2) is 19.7 Å². The van der Waals surface area contributed by atoms with Gasteiger partial charge in [-0.3, -0.25) is 0 Å². The van der Waals surface area contributed by atoms with Crippen molar-refractivity contribution in [1.82, 2.24) is 5.32 Å². The quantitative estimate of drug-likeness (QED) is 0.876. The highest BCUT2D eigenvalue weighted by Crippen LogP contribution is 2.26. The lowest BCUT2D eigenvalue weighted by molar-refractivity contribution is 0.218. The van der Waals surface area contributed by atoms with Crippen molar-refractivity contribution >= 4 is 11.6 Å². The number of aryl methyl sites for hydroxylation is 1. The normalized spacial score (nSPS) is 20.8. The molecule has 88 valence electrons. The summed E-state index contributed by atoms with van der Waals surface area (Å²) >= 11 is 6.11. The molecule has 1 fully saturated rings. The molecule has 1 N–H and O–H groups in total. The summed E-state index contributed by atoms with van der Waals surface area (Å²) in [6.45, 7) is 4.99. The molecule has 1 atom stereocenters. The average Bonchev–Trinajstić information content (AvgIpc) is 2.29. The molecular formula is C13H18ClNO. The molecule has 0 spiro atoms. The van der Waals surface area contributed by atoms with Crippen LogP contribution in [0.1, 0.15) is 18.4 Å². The van der Waals surface area contributed by atoms with Crippen LogP contribution < -0.4 is 10.1 Å². The SMILES string of the molecule is Cc1ccc(OC[C@@H]2CCCNC2)c(Cl)c1. The van der Waals surface area contributed by atoms with Gasteiger partial charge in [-0.2, -0.15) is 0 Å². The molecule has 0 amide bonds. The third kappa shape index (κ3) is 3.13. The third-order valence-electron chi connectivity index (χ3n) is 2.96. The largest absolute Gasteiger partial charge is 0.492 e. The van der Waals surface area contributed by atoms with Gasteiger partial charge >= 0.3 is 0 Å². The molecule has 0 aromatic heterocycles. The van der Waals surface area contributed by atoms with Crippen molar-refractivity contribution in [1.29, 1.82) is 0 Å². The smallest absolute Gasteiger partial charge is 0.137 e. The molecule has 1 aliphatic rings. The molecule has 1 aromatic rings. The number of piperidine rings is 1. The molecule has 1 aliphatic heterocycles. The Bertz CT molecular complexity index is 348. The number of rotatable bonds is 3. The fourth-order valence-corrected chi connectivity index (χ4v) is 2.29. The Labute approximate surface area is 102 Å². The predicted octanol–water partition coefficient (Wildman–Crippen LogP) is 3.03. The van der Waals surface area contributed by atoms with Crippen molar-refractivity contribution in [2.45, 2.75) is 19.8 Å². The van der Waals surface area contributed by atoms with E-state index in [0.29, 0.717) is 10.9 Å². The number of ether oxygens (including phenoxy) is 1. The van der Waals surface area contributed by atoms with Crippen molar-refractivity contribution in [2.75, 3.05) is 19.7 Å². The van der Waals surface area contributed by atoms with Gasteiger partial charge in [0, 0.05) is 12.5 Å². The maximum absolute atomic E-state index is 6.11. The van der Waals surface area contributed by atoms with Crippen LogP contribution in [0.4, 0.5) is 0 Å². The molecule has 16 heavy (non-hydrogen) atoms. The molecule has 0 saturated carbocycles. The molecule has 0 bridgehead atoms. The highest BCUT2D eigenvalue weighted by molar-refractivity contribution is 6.32. The van der Waals surface area contributed by atoms with Crippen LogP contribution in [0.25, 0.3) is 0 Å². The van der Waals surface area contributed by atoms with Gasteiger partial charge in [0.2, 0.25) is 0 Å². The summed E-state index contributed by atoms with van der Waals surface area (Å²) in [7, 11) is 0. The Morgan fingerprint density at radius 3 is 3.06 bits per heavy atom. The lowest BCUT2D eigenvalue weighted by Gasteiger charge is -2.23. The maximum atomic E-state index is 6.11. The first-order chi connectivity index (χ1) is 7.75. The molecule has 3 heteroatoms. The molecule has 1 heterocycles. The lowest BCUT2D eigenvalue weighted by Crippen LogP contribution is -2.33. The summed E-state index contributed by atoms with van der Waals surface area (Å²) in [6.07, 6.45) is 2.49. The van der Waals surface area contributed by atoms with Crippen molar-refractivity contribution in [3.8, 4) is 5.75 Å². The van der Waals surface area contributed by atoms with Gasteiger partial charge in [0.25, 0.3) is 0 Å². The number of halogens is 1. The standard InChI is InChI=1S/C13H18ClNO/c1-10-4-5-13(12(14)7-10)16-9-11-3-2-6-15-8-11/h4-5,7,11,15H,2-3,6,8-9H2,1H3/t11-/m1/s1. The van der Waals surface area contributed by atoms with Crippen LogP contribution in [0.5, 0.6) is 5.75 Å². The van der Waals surface area contributed by atoms with Gasteiger partial charge in [0.15, 0.2) is 0 Å². The Morgan fingerprint density at radius 1 is 1.50 bits per heavy atom. The van der Waals surface area contributed by atoms with Gasteiger partial charge in [0.05, 0.1) is 11.6 Å². The Morgan fingerprint density at radius 2 is 2.38 bits per heavy atom. The van der Waals surface area contributed by atoms with Crippen molar-refractivity contribution < 1.29 is 4.74 Å². The van der Waals surface area contributed by atoms with Crippen molar-refractivity contribution in [2.24, 2.45) is 5.92 Å². The van der Waals surface area contributed by atoms with E-state index in [-0.39, 0.29) is 0 Å². The van der Waals surface area contributed by atoms with Crippen LogP contribution in [-0.2, 0) is 0 Å². The van der Waals surface area contributed by atoms with Gasteiger partial charge in [-0.25, -0.2) is 0 Å². The van der Waals surface area contributed by atoms with E-state index in [0.717, 1.165) is 31.0 Å². The van der Waals surface area contributed by atoms with Crippen molar-refractivity contribution in [3.05, 3.63) is 28.8 Å². The zero-order chi connectivity index (χ0) is 11.4. The Balaban J connectivity index is 1.88. The number of nitrogens with one attached hydrogen (secondary N) is 1. The second-order valence-corrected chi connectivity index (χ2v) is 4.86. The topological polar surface area (TPSA) is 21.3 Å². The zero-order valence-electron chi connectivity index (χ0n) is 9.63. The van der Waals surface area contributed by atoms with Crippen LogP contribution in [0.3, 0.4) is 0 Å². The monoisotopic (exact) mass is 239 g/mol. The summed E-state index contributed by atoms with van der Waals surface area (Å²) in [6, 6.07) is 5.92. The van der Waals surface area contributed by atoms with Crippen LogP contribution in [0.15, 0.2) is 18.2 Å². The highest BCUT2D eigenvalue weighted by atomic mass is 35.5. The average molecular weight is 240 g/mol. The van der Waals surface area contributed by atoms with Gasteiger partial charge in [-0.15, -0.1) is 0 Å². The Hall–Kier alpha value is -0.730. The summed E-state index contributed by atoms with van der Waals surface area (Å²) in [4.78, 5) is 0. The van der Waals surface area contributed by atoms with Crippen LogP contribution in [0.2, 0.25) is 5.02 Å². The Kier molecular flexibility index (Phi) is 4.08. The molecular weight excluding hydrogens is 222 g/mol. The molecule has 0 unspecified atom stereocenters. The number of hydrogen-bond acceptors (Lipinski definition) is 2. The molecule has 1 aromatic carbocycles. The summed E-state index contributed by atoms with van der Waals surface area (Å²) in [5.41, 5.74) is 1.16. The van der Waals surface area contributed by atoms with E-state index in [1.807, 2.05) is 25.1 Å². The number of hydrogen-bond donors (Lipinski definition) is 1. The van der Waals surface area contributed by atoms with E-state index in [9.17, 15) is 0 Å². The van der Waals surface area contributed by atoms with Gasteiger partial charge in [-0.05, 0) is 44.0 Å². The molecule has 2 rings (SSSR count). The molecule has 2 nitrogen and oxygen atoms in total. The maximum Gasteiger partial charge on any atom is 0.137 e. The third-order valence-corrected chi connectivity index (χ3v) is 3.26. The van der Waals surface area contributed by atoms with E-state index >= 15 is 0 Å². The van der Waals surface area contributed by atoms with Crippen LogP contribution >= 0.6 is 11.6 Å². The minimum absolute atomic E-state index is 0.617. The first-order valence-corrected chi connectivity index (χ1v) is 6.23. The number of benzene rings is 1. The van der Waals surface area contributed by atoms with E-state index in [2.05, 4.69) is 5.32 Å². The molecule has 0 aliphatic carbocycles. The first-order valence-electron chi connectivity index (χ1n) is 5.85. The second kappa shape index (κ2) is 5.55. The van der Waals surface area contributed by atoms with Gasteiger partial charge in [-0.1, -0.05) is 17.7 Å². The summed E-state index contributed by atoms with van der Waals surface area (Å²) < 4.78 is 5.76.